The average Bonchev–Trinajstić information content (AvgIpc) is 2.30. The first-order chi connectivity index (χ1) is 8.24. The van der Waals surface area contributed by atoms with Gasteiger partial charge in [-0.15, -0.1) is 0 Å². The molecule has 3 heteroatoms. The van der Waals surface area contributed by atoms with Crippen molar-refractivity contribution in [3.63, 3.8) is 0 Å². The van der Waals surface area contributed by atoms with Gasteiger partial charge in [0.15, 0.2) is 0 Å². The quantitative estimate of drug-likeness (QED) is 0.750. The average molecular weight is 328 g/mol. The Morgan fingerprint density at radius 3 is 2.47 bits per heavy atom. The zero-order valence-corrected chi connectivity index (χ0v) is 12.2. The maximum absolute atomic E-state index is 6.25. The van der Waals surface area contributed by atoms with Crippen LogP contribution in [0.4, 0.5) is 0 Å². The molecule has 2 rings (SSSR count). The Bertz CT molecular complexity index is 521. The molecule has 0 aliphatic rings. The van der Waals surface area contributed by atoms with Crippen molar-refractivity contribution in [1.82, 2.24) is 0 Å². The van der Waals surface area contributed by atoms with Crippen LogP contribution in [-0.4, -0.2) is 15.0 Å². The van der Waals surface area contributed by atoms with Crippen molar-refractivity contribution >= 4 is 48.7 Å². The second-order valence-corrected chi connectivity index (χ2v) is 7.11. The maximum atomic E-state index is 6.25. The summed E-state index contributed by atoms with van der Waals surface area (Å²) in [6, 6.07) is 17.9. The van der Waals surface area contributed by atoms with Crippen LogP contribution in [0.5, 0.6) is 0 Å². The Hall–Kier alpha value is -0.721. The van der Waals surface area contributed by atoms with Crippen LogP contribution >= 0.6 is 23.2 Å². The molecule has 0 radical (unpaired) electrons. The molecule has 0 spiro atoms. The van der Waals surface area contributed by atoms with E-state index in [9.17, 15) is 0 Å². The topological polar surface area (TPSA) is 0 Å². The molecule has 17 heavy (non-hydrogen) atoms. The number of hydrogen-bond acceptors (Lipinski definition) is 0. The van der Waals surface area contributed by atoms with E-state index in [1.807, 2.05) is 48.5 Å². The molecule has 0 aliphatic carbocycles. The van der Waals surface area contributed by atoms with Crippen LogP contribution in [0.25, 0.3) is 6.08 Å². The van der Waals surface area contributed by atoms with Gasteiger partial charge in [0.2, 0.25) is 0 Å². The molecule has 0 fully saturated rings. The van der Waals surface area contributed by atoms with Gasteiger partial charge < -0.3 is 0 Å². The fourth-order valence-corrected chi connectivity index (χ4v) is 3.64. The van der Waals surface area contributed by atoms with Gasteiger partial charge in [-0.1, -0.05) is 0 Å². The molecule has 0 amide bonds. The van der Waals surface area contributed by atoms with Crippen LogP contribution in [0, 0.1) is 0 Å². The molecule has 0 aromatic heterocycles. The predicted octanol–water partition coefficient (Wildman–Crippen LogP) is 3.91. The summed E-state index contributed by atoms with van der Waals surface area (Å²) in [5.41, 5.74) is 1.04. The van der Waals surface area contributed by atoms with Gasteiger partial charge in [0.25, 0.3) is 0 Å². The second-order valence-electron chi connectivity index (χ2n) is 3.42. The fourth-order valence-electron chi connectivity index (χ4n) is 1.36. The monoisotopic (exact) mass is 328 g/mol. The van der Waals surface area contributed by atoms with E-state index in [1.54, 1.807) is 0 Å². The summed E-state index contributed by atoms with van der Waals surface area (Å²) < 4.78 is 2.13. The summed E-state index contributed by atoms with van der Waals surface area (Å²) >= 11 is 12.3. The standard InChI is InChI=1S/C14H10Cl2Se/c15-12-6-4-5-11(9-12)10-14(16)17-13-7-2-1-3-8-13/h1-10H/b14-10+. The Labute approximate surface area is 117 Å². The van der Waals surface area contributed by atoms with E-state index in [4.69, 9.17) is 23.2 Å². The van der Waals surface area contributed by atoms with Gasteiger partial charge in [0.1, 0.15) is 0 Å². The Balaban J connectivity index is 2.12. The minimum absolute atomic E-state index is 0.158. The first-order valence-corrected chi connectivity index (χ1v) is 7.56. The number of halogens is 2. The Kier molecular flexibility index (Phi) is 4.70. The number of benzene rings is 2. The first kappa shape index (κ1) is 12.7. The van der Waals surface area contributed by atoms with Crippen molar-refractivity contribution in [3.05, 3.63) is 69.1 Å². The molecule has 2 aromatic rings. The summed E-state index contributed by atoms with van der Waals surface area (Å²) in [4.78, 5) is 0. The molecule has 0 atom stereocenters. The van der Waals surface area contributed by atoms with Gasteiger partial charge in [0.05, 0.1) is 0 Å². The predicted molar refractivity (Wildman–Crippen MR) is 77.1 cm³/mol. The fraction of sp³-hybridized carbons (Fsp3) is 0. The van der Waals surface area contributed by atoms with Gasteiger partial charge in [-0.3, -0.25) is 0 Å². The van der Waals surface area contributed by atoms with Crippen molar-refractivity contribution in [3.8, 4) is 0 Å². The summed E-state index contributed by atoms with van der Waals surface area (Å²) in [6.45, 7) is 0. The van der Waals surface area contributed by atoms with Crippen molar-refractivity contribution in [2.24, 2.45) is 0 Å². The zero-order chi connectivity index (χ0) is 12.1. The molecule has 0 heterocycles. The molecule has 86 valence electrons. The van der Waals surface area contributed by atoms with Crippen LogP contribution in [-0.2, 0) is 0 Å². The third kappa shape index (κ3) is 4.22. The van der Waals surface area contributed by atoms with E-state index in [0.29, 0.717) is 0 Å². The first-order valence-electron chi connectivity index (χ1n) is 5.10. The molecule has 0 nitrogen and oxygen atoms in total. The minimum atomic E-state index is 0.158. The van der Waals surface area contributed by atoms with Crippen LogP contribution in [0.15, 0.2) is 58.5 Å². The van der Waals surface area contributed by atoms with E-state index in [0.717, 1.165) is 14.5 Å². The van der Waals surface area contributed by atoms with Crippen molar-refractivity contribution in [1.29, 1.82) is 0 Å². The summed E-state index contributed by atoms with van der Waals surface area (Å²) in [7, 11) is 0. The molecule has 0 aliphatic heterocycles. The van der Waals surface area contributed by atoms with E-state index in [-0.39, 0.29) is 15.0 Å². The van der Waals surface area contributed by atoms with E-state index >= 15 is 0 Å². The van der Waals surface area contributed by atoms with Crippen LogP contribution in [0.3, 0.4) is 0 Å². The SMILES string of the molecule is Cl/C(=C\c1cccc(Cl)c1)[Se]c1ccccc1. The summed E-state index contributed by atoms with van der Waals surface area (Å²) in [5.74, 6) is 0. The molecule has 0 saturated heterocycles. The summed E-state index contributed by atoms with van der Waals surface area (Å²) in [6.07, 6.45) is 1.97. The number of hydrogen-bond donors (Lipinski definition) is 0. The molecular weight excluding hydrogens is 318 g/mol. The molecule has 0 unspecified atom stereocenters. The van der Waals surface area contributed by atoms with E-state index < -0.39 is 0 Å². The Morgan fingerprint density at radius 2 is 1.76 bits per heavy atom. The van der Waals surface area contributed by atoms with Crippen molar-refractivity contribution in [2.75, 3.05) is 0 Å². The Morgan fingerprint density at radius 1 is 1.00 bits per heavy atom. The van der Waals surface area contributed by atoms with Gasteiger partial charge in [-0.05, 0) is 0 Å². The van der Waals surface area contributed by atoms with Gasteiger partial charge >= 0.3 is 118 Å². The number of rotatable bonds is 3. The van der Waals surface area contributed by atoms with Crippen LogP contribution < -0.4 is 4.46 Å². The molecule has 0 N–H and O–H groups in total. The van der Waals surface area contributed by atoms with Crippen LogP contribution in [0.1, 0.15) is 5.56 Å². The van der Waals surface area contributed by atoms with E-state index in [1.165, 1.54) is 4.46 Å². The second kappa shape index (κ2) is 6.28. The van der Waals surface area contributed by atoms with Gasteiger partial charge in [-0.25, -0.2) is 0 Å². The normalized spacial score (nSPS) is 11.5. The zero-order valence-electron chi connectivity index (χ0n) is 8.94. The van der Waals surface area contributed by atoms with Crippen molar-refractivity contribution < 1.29 is 0 Å². The molecule has 0 saturated carbocycles. The van der Waals surface area contributed by atoms with Crippen LogP contribution in [0.2, 0.25) is 5.02 Å². The van der Waals surface area contributed by atoms with Crippen molar-refractivity contribution in [2.45, 2.75) is 0 Å². The molecule has 2 aromatic carbocycles. The van der Waals surface area contributed by atoms with E-state index in [2.05, 4.69) is 12.1 Å². The molecular formula is C14H10Cl2Se. The molecule has 0 bridgehead atoms. The van der Waals surface area contributed by atoms with Gasteiger partial charge in [-0.2, -0.15) is 0 Å². The van der Waals surface area contributed by atoms with Gasteiger partial charge in [0, 0.05) is 0 Å². The third-order valence-electron chi connectivity index (χ3n) is 2.09. The third-order valence-corrected chi connectivity index (χ3v) is 4.55. The summed E-state index contributed by atoms with van der Waals surface area (Å²) in [5, 5.41) is 0.732.